The third kappa shape index (κ3) is 2.47. The Hall–Kier alpha value is -1.87. The highest BCUT2D eigenvalue weighted by atomic mass is 19.1. The van der Waals surface area contributed by atoms with E-state index in [0.29, 0.717) is 11.1 Å². The number of rotatable bonds is 2. The molecule has 3 N–H and O–H groups in total. The zero-order valence-electron chi connectivity index (χ0n) is 11.4. The van der Waals surface area contributed by atoms with E-state index < -0.39 is 0 Å². The first-order valence-electron chi connectivity index (χ1n) is 6.23. The number of hydrogen-bond acceptors (Lipinski definition) is 2. The summed E-state index contributed by atoms with van der Waals surface area (Å²) in [6.07, 6.45) is 0. The highest BCUT2D eigenvalue weighted by Crippen LogP contribution is 2.35. The lowest BCUT2D eigenvalue weighted by molar-refractivity contribution is 0.476. The molecule has 0 bridgehead atoms. The van der Waals surface area contributed by atoms with Gasteiger partial charge in [-0.25, -0.2) is 4.39 Å². The summed E-state index contributed by atoms with van der Waals surface area (Å²) in [5.41, 5.74) is 10.1. The van der Waals surface area contributed by atoms with Gasteiger partial charge in [0.05, 0.1) is 0 Å². The van der Waals surface area contributed by atoms with E-state index >= 15 is 0 Å². The van der Waals surface area contributed by atoms with Crippen LogP contribution in [0, 0.1) is 26.6 Å². The van der Waals surface area contributed by atoms with E-state index in [4.69, 9.17) is 5.73 Å². The van der Waals surface area contributed by atoms with Crippen LogP contribution < -0.4 is 5.73 Å². The lowest BCUT2D eigenvalue weighted by Crippen LogP contribution is -2.02. The van der Waals surface area contributed by atoms with E-state index in [9.17, 15) is 9.50 Å². The van der Waals surface area contributed by atoms with Crippen molar-refractivity contribution in [3.8, 4) is 16.9 Å². The molecule has 0 aromatic heterocycles. The Balaban J connectivity index is 2.69. The van der Waals surface area contributed by atoms with Crippen molar-refractivity contribution in [2.24, 2.45) is 5.73 Å². The van der Waals surface area contributed by atoms with Gasteiger partial charge in [0.25, 0.3) is 0 Å². The maximum Gasteiger partial charge on any atom is 0.130 e. The van der Waals surface area contributed by atoms with Crippen LogP contribution in [0.25, 0.3) is 11.1 Å². The Morgan fingerprint density at radius 2 is 1.74 bits per heavy atom. The van der Waals surface area contributed by atoms with Crippen molar-refractivity contribution in [2.45, 2.75) is 27.3 Å². The minimum absolute atomic E-state index is 0.145. The molecule has 100 valence electrons. The number of aryl methyl sites for hydroxylation is 3. The van der Waals surface area contributed by atoms with Crippen LogP contribution >= 0.6 is 0 Å². The number of phenolic OH excluding ortho intramolecular Hbond substituents is 1. The first-order valence-corrected chi connectivity index (χ1v) is 6.23. The monoisotopic (exact) mass is 259 g/mol. The summed E-state index contributed by atoms with van der Waals surface area (Å²) < 4.78 is 13.8. The fourth-order valence-electron chi connectivity index (χ4n) is 2.46. The molecule has 2 aromatic rings. The van der Waals surface area contributed by atoms with Gasteiger partial charge in [0.15, 0.2) is 0 Å². The molecule has 0 radical (unpaired) electrons. The number of phenols is 1. The highest BCUT2D eigenvalue weighted by Gasteiger charge is 2.13. The van der Waals surface area contributed by atoms with E-state index in [1.807, 2.05) is 19.9 Å². The van der Waals surface area contributed by atoms with Crippen molar-refractivity contribution >= 4 is 0 Å². The molecular weight excluding hydrogens is 241 g/mol. The molecule has 0 aliphatic heterocycles. The van der Waals surface area contributed by atoms with E-state index in [0.717, 1.165) is 22.3 Å². The Bertz CT molecular complexity index is 612. The molecule has 2 aromatic carbocycles. The van der Waals surface area contributed by atoms with Gasteiger partial charge in [-0.1, -0.05) is 6.07 Å². The second kappa shape index (κ2) is 5.02. The van der Waals surface area contributed by atoms with Crippen molar-refractivity contribution in [1.82, 2.24) is 0 Å². The van der Waals surface area contributed by atoms with Crippen LogP contribution in [0.1, 0.15) is 22.3 Å². The molecule has 0 saturated carbocycles. The first kappa shape index (κ1) is 13.6. The molecular formula is C16H18FNO. The van der Waals surface area contributed by atoms with Gasteiger partial charge in [-0.2, -0.15) is 0 Å². The number of halogens is 1. The molecule has 0 spiro atoms. The summed E-state index contributed by atoms with van der Waals surface area (Å²) in [5.74, 6) is -0.0537. The zero-order chi connectivity index (χ0) is 14.2. The van der Waals surface area contributed by atoms with Crippen LogP contribution in [0.2, 0.25) is 0 Å². The zero-order valence-corrected chi connectivity index (χ0v) is 11.4. The quantitative estimate of drug-likeness (QED) is 0.865. The number of nitrogens with two attached hydrogens (primary N) is 1. The molecule has 3 heteroatoms. The van der Waals surface area contributed by atoms with Crippen LogP contribution in [0.5, 0.6) is 5.75 Å². The summed E-state index contributed by atoms with van der Waals surface area (Å²) in [5, 5.41) is 10.1. The van der Waals surface area contributed by atoms with Gasteiger partial charge >= 0.3 is 0 Å². The van der Waals surface area contributed by atoms with Gasteiger partial charge in [0, 0.05) is 17.7 Å². The first-order chi connectivity index (χ1) is 8.93. The van der Waals surface area contributed by atoms with Crippen molar-refractivity contribution < 1.29 is 9.50 Å². The molecule has 0 aliphatic rings. The maximum atomic E-state index is 13.8. The average Bonchev–Trinajstić information content (AvgIpc) is 2.32. The molecule has 2 nitrogen and oxygen atoms in total. The molecule has 0 aliphatic carbocycles. The normalized spacial score (nSPS) is 10.8. The second-order valence-corrected chi connectivity index (χ2v) is 4.95. The van der Waals surface area contributed by atoms with Crippen LogP contribution in [-0.2, 0) is 6.54 Å². The van der Waals surface area contributed by atoms with Crippen molar-refractivity contribution in [3.05, 3.63) is 52.3 Å². The fourth-order valence-corrected chi connectivity index (χ4v) is 2.46. The third-order valence-corrected chi connectivity index (χ3v) is 3.30. The predicted octanol–water partition coefficient (Wildman–Crippen LogP) is 3.58. The molecule has 19 heavy (non-hydrogen) atoms. The lowest BCUT2D eigenvalue weighted by Gasteiger charge is -2.13. The summed E-state index contributed by atoms with van der Waals surface area (Å²) in [4.78, 5) is 0. The van der Waals surface area contributed by atoms with E-state index in [-0.39, 0.29) is 18.1 Å². The van der Waals surface area contributed by atoms with Gasteiger partial charge < -0.3 is 10.8 Å². The largest absolute Gasteiger partial charge is 0.507 e. The number of benzene rings is 2. The van der Waals surface area contributed by atoms with E-state index in [2.05, 4.69) is 0 Å². The second-order valence-electron chi connectivity index (χ2n) is 4.95. The van der Waals surface area contributed by atoms with Crippen LogP contribution in [0.15, 0.2) is 24.3 Å². The molecule has 0 heterocycles. The van der Waals surface area contributed by atoms with Crippen molar-refractivity contribution in [1.29, 1.82) is 0 Å². The molecule has 0 unspecified atom stereocenters. The van der Waals surface area contributed by atoms with Gasteiger partial charge in [0.1, 0.15) is 11.6 Å². The molecule has 0 fully saturated rings. The van der Waals surface area contributed by atoms with Crippen molar-refractivity contribution in [3.63, 3.8) is 0 Å². The minimum Gasteiger partial charge on any atom is -0.507 e. The summed E-state index contributed by atoms with van der Waals surface area (Å²) in [6.45, 7) is 5.71. The van der Waals surface area contributed by atoms with E-state index in [1.54, 1.807) is 25.1 Å². The third-order valence-electron chi connectivity index (χ3n) is 3.30. The fraction of sp³-hybridized carbons (Fsp3) is 0.250. The van der Waals surface area contributed by atoms with Crippen molar-refractivity contribution in [2.75, 3.05) is 0 Å². The smallest absolute Gasteiger partial charge is 0.130 e. The van der Waals surface area contributed by atoms with Crippen LogP contribution in [0.4, 0.5) is 4.39 Å². The Labute approximate surface area is 112 Å². The van der Waals surface area contributed by atoms with Gasteiger partial charge in [-0.3, -0.25) is 0 Å². The molecule has 0 atom stereocenters. The topological polar surface area (TPSA) is 46.2 Å². The standard InChI is InChI=1S/C16H18FNO/c1-9-4-10(2)15(14(19)5-9)12-6-11(3)16(17)13(7-12)8-18/h4-7,19H,8,18H2,1-3H3. The van der Waals surface area contributed by atoms with Gasteiger partial charge in [0.2, 0.25) is 0 Å². The Morgan fingerprint density at radius 1 is 1.05 bits per heavy atom. The maximum absolute atomic E-state index is 13.8. The lowest BCUT2D eigenvalue weighted by atomic mass is 9.94. The Morgan fingerprint density at radius 3 is 2.32 bits per heavy atom. The Kier molecular flexibility index (Phi) is 3.58. The SMILES string of the molecule is Cc1cc(C)c(-c2cc(C)c(F)c(CN)c2)c(O)c1. The van der Waals surface area contributed by atoms with E-state index in [1.165, 1.54) is 0 Å². The van der Waals surface area contributed by atoms with Gasteiger partial charge in [-0.15, -0.1) is 0 Å². The summed E-state index contributed by atoms with van der Waals surface area (Å²) in [7, 11) is 0. The molecule has 0 amide bonds. The number of hydrogen-bond donors (Lipinski definition) is 2. The van der Waals surface area contributed by atoms with Crippen LogP contribution in [-0.4, -0.2) is 5.11 Å². The average molecular weight is 259 g/mol. The van der Waals surface area contributed by atoms with Gasteiger partial charge in [-0.05, 0) is 61.2 Å². The minimum atomic E-state index is -0.268. The molecule has 0 saturated heterocycles. The predicted molar refractivity (Wildman–Crippen MR) is 75.6 cm³/mol. The molecule has 2 rings (SSSR count). The summed E-state index contributed by atoms with van der Waals surface area (Å²) in [6, 6.07) is 7.16. The van der Waals surface area contributed by atoms with Crippen LogP contribution in [0.3, 0.4) is 0 Å². The summed E-state index contributed by atoms with van der Waals surface area (Å²) >= 11 is 0. The highest BCUT2D eigenvalue weighted by molar-refractivity contribution is 5.75. The number of aromatic hydroxyl groups is 1.